The van der Waals surface area contributed by atoms with Crippen molar-refractivity contribution < 1.29 is 14.0 Å². The molecule has 0 aliphatic heterocycles. The lowest BCUT2D eigenvalue weighted by molar-refractivity contribution is -0.110. The van der Waals surface area contributed by atoms with Crippen LogP contribution < -0.4 is 10.4 Å². The minimum Gasteiger partial charge on any atom is -0.424 e. The van der Waals surface area contributed by atoms with E-state index in [1.54, 1.807) is 6.07 Å². The maximum atomic E-state index is 13.8. The molecule has 0 spiro atoms. The molecule has 0 unspecified atom stereocenters. The molecule has 2 nitrogen and oxygen atoms in total. The SMILES string of the molecule is CC(C)(CC[C@@H]1C[C@@]1(C=O)c1cccc(F)c1)[Si](O)(c1ccccc1)c1ccccc1. The highest BCUT2D eigenvalue weighted by Crippen LogP contribution is 2.57. The zero-order valence-corrected chi connectivity index (χ0v) is 19.1. The topological polar surface area (TPSA) is 37.3 Å². The molecule has 31 heavy (non-hydrogen) atoms. The molecule has 160 valence electrons. The Morgan fingerprint density at radius 2 is 1.58 bits per heavy atom. The number of hydrogen-bond donors (Lipinski definition) is 1. The molecule has 0 bridgehead atoms. The lowest BCUT2D eigenvalue weighted by atomic mass is 9.92. The smallest absolute Gasteiger partial charge is 0.258 e. The van der Waals surface area contributed by atoms with E-state index < -0.39 is 13.7 Å². The molecule has 0 aromatic heterocycles. The first-order chi connectivity index (χ1) is 14.8. The van der Waals surface area contributed by atoms with Gasteiger partial charge in [-0.15, -0.1) is 0 Å². The Bertz CT molecular complexity index is 1010. The van der Waals surface area contributed by atoms with Gasteiger partial charge in [0.25, 0.3) is 8.32 Å². The zero-order chi connectivity index (χ0) is 22.1. The summed E-state index contributed by atoms with van der Waals surface area (Å²) in [5, 5.41) is 1.64. The third-order valence-electron chi connectivity index (χ3n) is 7.21. The van der Waals surface area contributed by atoms with Crippen LogP contribution in [0.3, 0.4) is 0 Å². The van der Waals surface area contributed by atoms with Gasteiger partial charge in [-0.25, -0.2) is 4.39 Å². The Balaban J connectivity index is 1.60. The Labute approximate surface area is 184 Å². The molecule has 4 heteroatoms. The van der Waals surface area contributed by atoms with Crippen molar-refractivity contribution in [3.63, 3.8) is 0 Å². The number of aldehydes is 1. The summed E-state index contributed by atoms with van der Waals surface area (Å²) in [6.07, 6.45) is 3.34. The molecule has 0 amide bonds. The average molecular weight is 433 g/mol. The monoisotopic (exact) mass is 432 g/mol. The van der Waals surface area contributed by atoms with E-state index in [9.17, 15) is 14.0 Å². The van der Waals surface area contributed by atoms with Gasteiger partial charge in [-0.1, -0.05) is 86.6 Å². The largest absolute Gasteiger partial charge is 0.424 e. The average Bonchev–Trinajstić information content (AvgIpc) is 3.53. The van der Waals surface area contributed by atoms with Crippen LogP contribution in [0.4, 0.5) is 4.39 Å². The van der Waals surface area contributed by atoms with Gasteiger partial charge in [-0.05, 0) is 58.3 Å². The first kappa shape index (κ1) is 21.7. The van der Waals surface area contributed by atoms with Crippen LogP contribution >= 0.6 is 0 Å². The van der Waals surface area contributed by atoms with Crippen molar-refractivity contribution in [2.75, 3.05) is 0 Å². The maximum Gasteiger partial charge on any atom is 0.258 e. The van der Waals surface area contributed by atoms with Crippen LogP contribution in [-0.2, 0) is 10.2 Å². The molecule has 3 aromatic carbocycles. The fourth-order valence-electron chi connectivity index (χ4n) is 5.08. The van der Waals surface area contributed by atoms with E-state index >= 15 is 0 Å². The lowest BCUT2D eigenvalue weighted by Gasteiger charge is -2.41. The van der Waals surface area contributed by atoms with Gasteiger partial charge in [-0.3, -0.25) is 0 Å². The van der Waals surface area contributed by atoms with Gasteiger partial charge in [0.05, 0.1) is 5.41 Å². The molecular weight excluding hydrogens is 403 g/mol. The first-order valence-electron chi connectivity index (χ1n) is 10.9. The molecule has 1 aliphatic carbocycles. The summed E-state index contributed by atoms with van der Waals surface area (Å²) in [7, 11) is -3.06. The van der Waals surface area contributed by atoms with Gasteiger partial charge in [-0.2, -0.15) is 0 Å². The van der Waals surface area contributed by atoms with Crippen LogP contribution in [0, 0.1) is 11.7 Å². The Morgan fingerprint density at radius 1 is 1.00 bits per heavy atom. The molecule has 1 saturated carbocycles. The van der Waals surface area contributed by atoms with Crippen molar-refractivity contribution in [2.45, 2.75) is 43.6 Å². The fourth-order valence-corrected chi connectivity index (χ4v) is 8.83. The van der Waals surface area contributed by atoms with Crippen LogP contribution in [0.25, 0.3) is 0 Å². The van der Waals surface area contributed by atoms with Gasteiger partial charge in [0.2, 0.25) is 0 Å². The van der Waals surface area contributed by atoms with Gasteiger partial charge >= 0.3 is 0 Å². The summed E-state index contributed by atoms with van der Waals surface area (Å²) in [5.41, 5.74) is 0.182. The van der Waals surface area contributed by atoms with Crippen LogP contribution in [-0.4, -0.2) is 19.4 Å². The molecule has 4 rings (SSSR count). The molecule has 1 fully saturated rings. The predicted octanol–water partition coefficient (Wildman–Crippen LogP) is 4.59. The fraction of sp³-hybridized carbons (Fsp3) is 0.296. The molecule has 3 aromatic rings. The van der Waals surface area contributed by atoms with E-state index in [4.69, 9.17) is 0 Å². The highest BCUT2D eigenvalue weighted by atomic mass is 28.4. The quantitative estimate of drug-likeness (QED) is 0.417. The van der Waals surface area contributed by atoms with E-state index in [1.165, 1.54) is 12.1 Å². The third-order valence-corrected chi connectivity index (χ3v) is 11.8. The second kappa shape index (κ2) is 8.17. The number of benzene rings is 3. The van der Waals surface area contributed by atoms with Gasteiger partial charge < -0.3 is 9.59 Å². The predicted molar refractivity (Wildman–Crippen MR) is 126 cm³/mol. The van der Waals surface area contributed by atoms with Gasteiger partial charge in [0, 0.05) is 0 Å². The molecule has 0 radical (unpaired) electrons. The van der Waals surface area contributed by atoms with Crippen molar-refractivity contribution >= 4 is 25.0 Å². The summed E-state index contributed by atoms with van der Waals surface area (Å²) in [6, 6.07) is 26.4. The summed E-state index contributed by atoms with van der Waals surface area (Å²) < 4.78 is 13.8. The summed E-state index contributed by atoms with van der Waals surface area (Å²) in [4.78, 5) is 24.3. The minimum absolute atomic E-state index is 0.177. The molecule has 2 atom stereocenters. The van der Waals surface area contributed by atoms with Crippen LogP contribution in [0.2, 0.25) is 5.04 Å². The van der Waals surface area contributed by atoms with Crippen molar-refractivity contribution in [3.8, 4) is 0 Å². The normalized spacial score (nSPS) is 21.0. The molecule has 0 saturated heterocycles. The summed E-state index contributed by atoms with van der Waals surface area (Å²) in [5.74, 6) is -0.129. The van der Waals surface area contributed by atoms with E-state index in [0.717, 1.165) is 41.5 Å². The standard InChI is InChI=1S/C27H29FO2Si/c1-26(2,17-16-22-19-27(22,20-29)21-10-9-11-23(28)18-21)31(30,24-12-5-3-6-13-24)25-14-7-4-8-15-25/h3-15,18,20,22,30H,16-17,19H2,1-2H3/t22-,27-/m1/s1. The number of carbonyl (C=O) groups is 1. The van der Waals surface area contributed by atoms with Crippen LogP contribution in [0.15, 0.2) is 84.9 Å². The second-order valence-electron chi connectivity index (χ2n) is 9.43. The van der Waals surface area contributed by atoms with Crippen molar-refractivity contribution in [1.82, 2.24) is 0 Å². The van der Waals surface area contributed by atoms with Crippen LogP contribution in [0.5, 0.6) is 0 Å². The zero-order valence-electron chi connectivity index (χ0n) is 18.1. The van der Waals surface area contributed by atoms with E-state index in [0.29, 0.717) is 0 Å². The molecular formula is C27H29FO2Si. The third kappa shape index (κ3) is 3.79. The Hall–Kier alpha value is -2.56. The number of carbonyl (C=O) groups excluding carboxylic acids is 1. The molecule has 0 heterocycles. The number of hydrogen-bond acceptors (Lipinski definition) is 2. The Morgan fingerprint density at radius 3 is 2.10 bits per heavy atom. The van der Waals surface area contributed by atoms with Crippen molar-refractivity contribution in [2.24, 2.45) is 5.92 Å². The highest BCUT2D eigenvalue weighted by Gasteiger charge is 2.57. The maximum absolute atomic E-state index is 13.8. The number of halogens is 1. The first-order valence-corrected chi connectivity index (χ1v) is 12.8. The van der Waals surface area contributed by atoms with Gasteiger partial charge in [0.15, 0.2) is 0 Å². The second-order valence-corrected chi connectivity index (χ2v) is 13.4. The Kier molecular flexibility index (Phi) is 5.71. The van der Waals surface area contributed by atoms with Crippen molar-refractivity contribution in [3.05, 3.63) is 96.3 Å². The van der Waals surface area contributed by atoms with E-state index in [1.807, 2.05) is 66.7 Å². The number of rotatable bonds is 8. The van der Waals surface area contributed by atoms with Gasteiger partial charge in [0.1, 0.15) is 12.1 Å². The van der Waals surface area contributed by atoms with E-state index in [2.05, 4.69) is 13.8 Å². The minimum atomic E-state index is -3.06. The molecule has 1 aliphatic rings. The highest BCUT2D eigenvalue weighted by molar-refractivity contribution is 6.98. The lowest BCUT2D eigenvalue weighted by Crippen LogP contribution is -2.65. The van der Waals surface area contributed by atoms with E-state index in [-0.39, 0.29) is 16.8 Å². The molecule has 1 N–H and O–H groups in total. The van der Waals surface area contributed by atoms with Crippen LogP contribution in [0.1, 0.15) is 38.7 Å². The summed E-state index contributed by atoms with van der Waals surface area (Å²) >= 11 is 0. The summed E-state index contributed by atoms with van der Waals surface area (Å²) in [6.45, 7) is 4.29. The van der Waals surface area contributed by atoms with Crippen molar-refractivity contribution in [1.29, 1.82) is 0 Å².